The quantitative estimate of drug-likeness (QED) is 0.799. The van der Waals surface area contributed by atoms with Crippen LogP contribution in [-0.4, -0.2) is 25.1 Å². The lowest BCUT2D eigenvalue weighted by molar-refractivity contribution is 0.191. The molecule has 14 heavy (non-hydrogen) atoms. The Morgan fingerprint density at radius 1 is 0.929 bits per heavy atom. The molecular formula is C10H11F3O. The second-order valence-electron chi connectivity index (χ2n) is 3.23. The average Bonchev–Trinajstić information content (AvgIpc) is 2.24. The van der Waals surface area contributed by atoms with Crippen molar-refractivity contribution in [3.63, 3.8) is 0 Å². The van der Waals surface area contributed by atoms with Gasteiger partial charge in [-0.05, 0) is 17.7 Å². The van der Waals surface area contributed by atoms with Crippen LogP contribution >= 0.6 is 0 Å². The molecule has 1 N–H and O–H groups in total. The van der Waals surface area contributed by atoms with Crippen molar-refractivity contribution in [1.29, 1.82) is 0 Å². The summed E-state index contributed by atoms with van der Waals surface area (Å²) in [6.07, 6.45) is 0. The van der Waals surface area contributed by atoms with E-state index in [1.54, 1.807) is 0 Å². The van der Waals surface area contributed by atoms with Crippen LogP contribution in [0, 0.1) is 0 Å². The molecule has 1 nitrogen and oxygen atoms in total. The Hall–Kier alpha value is -1.19. The first-order valence-electron chi connectivity index (χ1n) is 4.16. The van der Waals surface area contributed by atoms with Crippen LogP contribution in [-0.2, 0) is 5.41 Å². The highest BCUT2D eigenvalue weighted by Gasteiger charge is 2.33. The predicted octanol–water partition coefficient (Wildman–Crippen LogP) is 2.54. The maximum absolute atomic E-state index is 12.6. The van der Waals surface area contributed by atoms with Gasteiger partial charge in [-0.25, -0.2) is 13.2 Å². The van der Waals surface area contributed by atoms with Crippen molar-refractivity contribution in [3.05, 3.63) is 29.8 Å². The molecule has 0 unspecified atom stereocenters. The molecule has 0 aliphatic rings. The van der Waals surface area contributed by atoms with Crippen LogP contribution in [0.4, 0.5) is 13.2 Å². The molecule has 1 rings (SSSR count). The van der Waals surface area contributed by atoms with Gasteiger partial charge in [0.2, 0.25) is 0 Å². The minimum Gasteiger partial charge on any atom is -0.508 e. The van der Waals surface area contributed by atoms with Crippen molar-refractivity contribution in [2.75, 3.05) is 20.0 Å². The highest BCUT2D eigenvalue weighted by molar-refractivity contribution is 5.32. The first kappa shape index (κ1) is 10.9. The second-order valence-corrected chi connectivity index (χ2v) is 3.23. The zero-order valence-corrected chi connectivity index (χ0v) is 7.51. The SMILES string of the molecule is Oc1ccc(C(CF)(CF)CF)cc1. The molecule has 0 fully saturated rings. The summed E-state index contributed by atoms with van der Waals surface area (Å²) in [5.74, 6) is -0.0146. The summed E-state index contributed by atoms with van der Waals surface area (Å²) < 4.78 is 37.7. The number of phenols is 1. The average molecular weight is 204 g/mol. The number of hydrogen-bond donors (Lipinski definition) is 1. The number of hydrogen-bond acceptors (Lipinski definition) is 1. The smallest absolute Gasteiger partial charge is 0.115 e. The van der Waals surface area contributed by atoms with E-state index in [0.29, 0.717) is 0 Å². The topological polar surface area (TPSA) is 20.2 Å². The lowest BCUT2D eigenvalue weighted by Gasteiger charge is -2.24. The summed E-state index contributed by atoms with van der Waals surface area (Å²) in [4.78, 5) is 0. The van der Waals surface area contributed by atoms with Crippen molar-refractivity contribution in [3.8, 4) is 5.75 Å². The molecule has 0 spiro atoms. The van der Waals surface area contributed by atoms with Gasteiger partial charge in [0.25, 0.3) is 0 Å². The van der Waals surface area contributed by atoms with Gasteiger partial charge in [-0.1, -0.05) is 12.1 Å². The molecule has 4 heteroatoms. The molecule has 78 valence electrons. The van der Waals surface area contributed by atoms with Crippen LogP contribution in [0.3, 0.4) is 0 Å². The van der Waals surface area contributed by atoms with Crippen LogP contribution in [0.5, 0.6) is 5.75 Å². The Labute approximate surface area is 80.2 Å². The largest absolute Gasteiger partial charge is 0.508 e. The minimum atomic E-state index is -1.70. The Balaban J connectivity index is 3.05. The van der Waals surface area contributed by atoms with E-state index < -0.39 is 25.4 Å². The molecule has 1 aromatic rings. The van der Waals surface area contributed by atoms with Gasteiger partial charge in [0.05, 0.1) is 5.41 Å². The lowest BCUT2D eigenvalue weighted by Crippen LogP contribution is -2.33. The first-order valence-corrected chi connectivity index (χ1v) is 4.16. The molecule has 0 atom stereocenters. The van der Waals surface area contributed by atoms with E-state index >= 15 is 0 Å². The first-order chi connectivity index (χ1) is 6.68. The number of rotatable bonds is 4. The normalized spacial score (nSPS) is 11.6. The molecule has 1 aromatic carbocycles. The zero-order chi connectivity index (χ0) is 10.6. The number of alkyl halides is 3. The number of aromatic hydroxyl groups is 1. The third-order valence-corrected chi connectivity index (χ3v) is 2.25. The Morgan fingerprint density at radius 3 is 1.71 bits per heavy atom. The van der Waals surface area contributed by atoms with E-state index in [-0.39, 0.29) is 11.3 Å². The molecule has 0 saturated carbocycles. The summed E-state index contributed by atoms with van der Waals surface area (Å²) in [7, 11) is 0. The van der Waals surface area contributed by atoms with E-state index in [9.17, 15) is 13.2 Å². The van der Waals surface area contributed by atoms with Crippen molar-refractivity contribution in [2.45, 2.75) is 5.41 Å². The van der Waals surface area contributed by atoms with E-state index in [1.165, 1.54) is 24.3 Å². The molecule has 0 heterocycles. The van der Waals surface area contributed by atoms with Crippen LogP contribution in [0.1, 0.15) is 5.56 Å². The van der Waals surface area contributed by atoms with Crippen LogP contribution < -0.4 is 0 Å². The second kappa shape index (κ2) is 4.35. The van der Waals surface area contributed by atoms with E-state index in [0.717, 1.165) is 0 Å². The van der Waals surface area contributed by atoms with Crippen molar-refractivity contribution in [1.82, 2.24) is 0 Å². The van der Waals surface area contributed by atoms with E-state index in [4.69, 9.17) is 5.11 Å². The Morgan fingerprint density at radius 2 is 1.36 bits per heavy atom. The van der Waals surface area contributed by atoms with Gasteiger partial charge >= 0.3 is 0 Å². The summed E-state index contributed by atoms with van der Waals surface area (Å²) in [5, 5.41) is 8.96. The van der Waals surface area contributed by atoms with Gasteiger partial charge in [-0.3, -0.25) is 0 Å². The Bertz CT molecular complexity index is 272. The van der Waals surface area contributed by atoms with Gasteiger partial charge in [-0.15, -0.1) is 0 Å². The zero-order valence-electron chi connectivity index (χ0n) is 7.51. The molecule has 0 aliphatic heterocycles. The van der Waals surface area contributed by atoms with Crippen molar-refractivity contribution >= 4 is 0 Å². The van der Waals surface area contributed by atoms with Gasteiger partial charge < -0.3 is 5.11 Å². The summed E-state index contributed by atoms with van der Waals surface area (Å²) >= 11 is 0. The lowest BCUT2D eigenvalue weighted by atomic mass is 9.84. The number of benzene rings is 1. The van der Waals surface area contributed by atoms with Crippen molar-refractivity contribution < 1.29 is 18.3 Å². The fraction of sp³-hybridized carbons (Fsp3) is 0.400. The minimum absolute atomic E-state index is 0.0146. The molecule has 0 aromatic heterocycles. The van der Waals surface area contributed by atoms with Crippen molar-refractivity contribution in [2.24, 2.45) is 0 Å². The van der Waals surface area contributed by atoms with Gasteiger partial charge in [0.1, 0.15) is 25.8 Å². The van der Waals surface area contributed by atoms with Gasteiger partial charge in [0.15, 0.2) is 0 Å². The standard InChI is InChI=1S/C10H11F3O/c11-5-10(6-12,7-13)8-1-3-9(14)4-2-8/h1-4,14H,5-7H2. The monoisotopic (exact) mass is 204 g/mol. The van der Waals surface area contributed by atoms with Crippen LogP contribution in [0.2, 0.25) is 0 Å². The van der Waals surface area contributed by atoms with E-state index in [2.05, 4.69) is 0 Å². The van der Waals surface area contributed by atoms with E-state index in [1.807, 2.05) is 0 Å². The maximum Gasteiger partial charge on any atom is 0.115 e. The molecule has 0 aliphatic carbocycles. The molecule has 0 bridgehead atoms. The fourth-order valence-corrected chi connectivity index (χ4v) is 1.15. The summed E-state index contributed by atoms with van der Waals surface area (Å²) in [6.45, 7) is -3.28. The Kier molecular flexibility index (Phi) is 3.38. The van der Waals surface area contributed by atoms with Gasteiger partial charge in [-0.2, -0.15) is 0 Å². The molecule has 0 amide bonds. The molecular weight excluding hydrogens is 193 g/mol. The fourth-order valence-electron chi connectivity index (χ4n) is 1.15. The number of phenolic OH excluding ortho intramolecular Hbond substituents is 1. The molecule has 0 saturated heterocycles. The predicted molar refractivity (Wildman–Crippen MR) is 47.7 cm³/mol. The van der Waals surface area contributed by atoms with Crippen LogP contribution in [0.15, 0.2) is 24.3 Å². The number of halogens is 3. The maximum atomic E-state index is 12.6. The highest BCUT2D eigenvalue weighted by atomic mass is 19.1. The molecule has 0 radical (unpaired) electrons. The highest BCUT2D eigenvalue weighted by Crippen LogP contribution is 2.27. The third-order valence-electron chi connectivity index (χ3n) is 2.25. The third kappa shape index (κ3) is 1.84. The van der Waals surface area contributed by atoms with Crippen LogP contribution in [0.25, 0.3) is 0 Å². The summed E-state index contributed by atoms with van der Waals surface area (Å²) in [6, 6.07) is 5.22. The summed E-state index contributed by atoms with van der Waals surface area (Å²) in [5.41, 5.74) is -1.48. The van der Waals surface area contributed by atoms with Gasteiger partial charge in [0, 0.05) is 0 Å².